The molecule has 48 valence electrons. The Morgan fingerprint density at radius 1 is 1.78 bits per heavy atom. The average Bonchev–Trinajstić information content (AvgIpc) is 1.84. The first kappa shape index (κ1) is 7.59. The van der Waals surface area contributed by atoms with Crippen molar-refractivity contribution in [1.82, 2.24) is 0 Å². The highest BCUT2D eigenvalue weighted by atomic mass is 16.1. The second kappa shape index (κ2) is 2.79. The molecule has 9 heavy (non-hydrogen) atoms. The van der Waals surface area contributed by atoms with Crippen molar-refractivity contribution in [2.75, 3.05) is 0 Å². The Morgan fingerprint density at radius 2 is 2.22 bits per heavy atom. The lowest BCUT2D eigenvalue weighted by Gasteiger charge is -1.99. The second-order valence-electron chi connectivity index (χ2n) is 1.41. The number of nitriles is 1. The lowest BCUT2D eigenvalue weighted by molar-refractivity contribution is -0.117. The molecule has 0 aliphatic rings. The quantitative estimate of drug-likeness (QED) is 0.384. The van der Waals surface area contributed by atoms with Crippen molar-refractivity contribution in [2.24, 2.45) is 11.5 Å². The summed E-state index contributed by atoms with van der Waals surface area (Å²) in [6, 6.07) is 0.149. The molecule has 0 aliphatic carbocycles. The molecule has 0 aliphatic heterocycles. The molecule has 1 unspecified atom stereocenters. The highest BCUT2D eigenvalue weighted by molar-refractivity contribution is 6.13. The van der Waals surface area contributed by atoms with Gasteiger partial charge in [-0.3, -0.25) is 10.2 Å². The number of carbonyl (C=O) groups is 1. The fourth-order valence-electron chi connectivity index (χ4n) is 0.212. The van der Waals surface area contributed by atoms with Gasteiger partial charge in [-0.2, -0.15) is 5.26 Å². The number of hydrogen-bond acceptors (Lipinski definition) is 4. The summed E-state index contributed by atoms with van der Waals surface area (Å²) in [6.07, 6.45) is 0. The predicted molar refractivity (Wildman–Crippen MR) is 30.5 cm³/mol. The molecule has 0 bridgehead atoms. The third-order valence-electron chi connectivity index (χ3n) is 0.738. The van der Waals surface area contributed by atoms with Gasteiger partial charge >= 0.3 is 0 Å². The van der Waals surface area contributed by atoms with E-state index >= 15 is 0 Å². The fraction of sp³-hybridized carbons (Fsp3) is 0.250. The number of amides is 1. The van der Waals surface area contributed by atoms with Gasteiger partial charge in [0.2, 0.25) is 5.91 Å². The van der Waals surface area contributed by atoms with E-state index in [0.717, 1.165) is 0 Å². The van der Waals surface area contributed by atoms with Crippen molar-refractivity contribution in [3.8, 4) is 6.07 Å². The average molecular weight is 126 g/mol. The van der Waals surface area contributed by atoms with E-state index < -0.39 is 17.7 Å². The Morgan fingerprint density at radius 3 is 2.33 bits per heavy atom. The lowest BCUT2D eigenvalue weighted by atomic mass is 10.2. The van der Waals surface area contributed by atoms with Crippen LogP contribution in [-0.2, 0) is 4.79 Å². The maximum absolute atomic E-state index is 10.1. The highest BCUT2D eigenvalue weighted by Gasteiger charge is 2.13. The smallest absolute Gasteiger partial charge is 0.241 e. The summed E-state index contributed by atoms with van der Waals surface area (Å²) in [5.74, 6) is -0.860. The number of rotatable bonds is 2. The summed E-state index contributed by atoms with van der Waals surface area (Å²) in [5.41, 5.74) is 9.09. The molecule has 0 saturated carbocycles. The van der Waals surface area contributed by atoms with E-state index in [1.165, 1.54) is 6.07 Å². The van der Waals surface area contributed by atoms with Crippen LogP contribution in [0.2, 0.25) is 0 Å². The van der Waals surface area contributed by atoms with Crippen LogP contribution in [0, 0.1) is 16.7 Å². The second-order valence-corrected chi connectivity index (χ2v) is 1.41. The maximum Gasteiger partial charge on any atom is 0.241 e. The zero-order valence-corrected chi connectivity index (χ0v) is 4.59. The van der Waals surface area contributed by atoms with E-state index in [0.29, 0.717) is 0 Å². The van der Waals surface area contributed by atoms with Gasteiger partial charge in [0.15, 0.2) is 0 Å². The van der Waals surface area contributed by atoms with Gasteiger partial charge in [0.05, 0.1) is 0 Å². The van der Waals surface area contributed by atoms with Gasteiger partial charge < -0.3 is 11.5 Å². The topological polar surface area (TPSA) is 117 Å². The van der Waals surface area contributed by atoms with Crippen LogP contribution in [-0.4, -0.2) is 17.7 Å². The van der Waals surface area contributed by atoms with Crippen LogP contribution in [0.3, 0.4) is 0 Å². The SMILES string of the molecule is N#CC(=N)C(N)C(N)=O. The Balaban J connectivity index is 4.08. The molecule has 1 atom stereocenters. The molecule has 0 spiro atoms. The van der Waals surface area contributed by atoms with Gasteiger partial charge in [0, 0.05) is 0 Å². The van der Waals surface area contributed by atoms with Crippen molar-refractivity contribution < 1.29 is 4.79 Å². The number of primary amides is 1. The first-order chi connectivity index (χ1) is 4.09. The number of carbonyl (C=O) groups excluding carboxylic acids is 1. The van der Waals surface area contributed by atoms with Crippen molar-refractivity contribution in [3.05, 3.63) is 0 Å². The monoisotopic (exact) mass is 126 g/mol. The Hall–Kier alpha value is -1.41. The fourth-order valence-corrected chi connectivity index (χ4v) is 0.212. The predicted octanol–water partition coefficient (Wildman–Crippen LogP) is -1.66. The van der Waals surface area contributed by atoms with Gasteiger partial charge in [-0.1, -0.05) is 0 Å². The van der Waals surface area contributed by atoms with E-state index in [1.54, 1.807) is 0 Å². The van der Waals surface area contributed by atoms with Gasteiger partial charge in [-0.05, 0) is 0 Å². The zero-order chi connectivity index (χ0) is 7.44. The molecular formula is C4H6N4O. The number of hydrogen-bond donors (Lipinski definition) is 3. The standard InChI is InChI=1S/C4H6N4O/c5-1-2(6)3(7)4(8)9/h3,6H,7H2,(H2,8,9). The molecule has 0 aromatic carbocycles. The van der Waals surface area contributed by atoms with E-state index in [2.05, 4.69) is 5.73 Å². The molecule has 0 radical (unpaired) electrons. The molecule has 1 amide bonds. The van der Waals surface area contributed by atoms with Crippen LogP contribution in [0.15, 0.2) is 0 Å². The third-order valence-corrected chi connectivity index (χ3v) is 0.738. The zero-order valence-electron chi connectivity index (χ0n) is 4.59. The van der Waals surface area contributed by atoms with E-state index in [-0.39, 0.29) is 0 Å². The molecular weight excluding hydrogens is 120 g/mol. The minimum Gasteiger partial charge on any atom is -0.368 e. The molecule has 5 N–H and O–H groups in total. The summed E-state index contributed by atoms with van der Waals surface area (Å²) >= 11 is 0. The van der Waals surface area contributed by atoms with Crippen LogP contribution in [0.1, 0.15) is 0 Å². The first-order valence-electron chi connectivity index (χ1n) is 2.13. The highest BCUT2D eigenvalue weighted by Crippen LogP contribution is 1.77. The van der Waals surface area contributed by atoms with Crippen molar-refractivity contribution >= 4 is 11.6 Å². The normalized spacial score (nSPS) is 11.6. The number of nitrogens with two attached hydrogens (primary N) is 2. The number of nitrogens with one attached hydrogen (secondary N) is 1. The van der Waals surface area contributed by atoms with Gasteiger partial charge in [0.25, 0.3) is 0 Å². The minimum absolute atomic E-state index is 0.512. The van der Waals surface area contributed by atoms with Crippen LogP contribution >= 0.6 is 0 Å². The van der Waals surface area contributed by atoms with Crippen LogP contribution in [0.4, 0.5) is 0 Å². The van der Waals surface area contributed by atoms with Gasteiger partial charge in [0.1, 0.15) is 17.8 Å². The van der Waals surface area contributed by atoms with Crippen molar-refractivity contribution in [1.29, 1.82) is 10.7 Å². The van der Waals surface area contributed by atoms with Crippen LogP contribution in [0.25, 0.3) is 0 Å². The molecule has 0 rings (SSSR count). The first-order valence-corrected chi connectivity index (χ1v) is 2.13. The Labute approximate surface area is 51.8 Å². The van der Waals surface area contributed by atoms with E-state index in [4.69, 9.17) is 16.4 Å². The molecule has 0 heterocycles. The minimum atomic E-state index is -1.25. The number of nitrogens with zero attached hydrogens (tertiary/aromatic N) is 1. The Kier molecular flexibility index (Phi) is 2.35. The largest absolute Gasteiger partial charge is 0.368 e. The summed E-state index contributed by atoms with van der Waals surface area (Å²) < 4.78 is 0. The summed E-state index contributed by atoms with van der Waals surface area (Å²) in [5, 5.41) is 14.7. The molecule has 0 aromatic heterocycles. The van der Waals surface area contributed by atoms with Crippen LogP contribution in [0.5, 0.6) is 0 Å². The molecule has 0 fully saturated rings. The molecule has 5 heteroatoms. The van der Waals surface area contributed by atoms with E-state index in [1.807, 2.05) is 0 Å². The van der Waals surface area contributed by atoms with Crippen molar-refractivity contribution in [2.45, 2.75) is 6.04 Å². The molecule has 0 saturated heterocycles. The summed E-state index contributed by atoms with van der Waals surface area (Å²) in [4.78, 5) is 10.1. The summed E-state index contributed by atoms with van der Waals surface area (Å²) in [7, 11) is 0. The Bertz CT molecular complexity index is 179. The van der Waals surface area contributed by atoms with E-state index in [9.17, 15) is 4.79 Å². The molecule has 0 aromatic rings. The van der Waals surface area contributed by atoms with Crippen molar-refractivity contribution in [3.63, 3.8) is 0 Å². The maximum atomic E-state index is 10.1. The third kappa shape index (κ3) is 1.88. The van der Waals surface area contributed by atoms with Gasteiger partial charge in [-0.25, -0.2) is 0 Å². The summed E-state index contributed by atoms with van der Waals surface area (Å²) in [6.45, 7) is 0. The lowest BCUT2D eigenvalue weighted by Crippen LogP contribution is -2.42. The van der Waals surface area contributed by atoms with Crippen LogP contribution < -0.4 is 11.5 Å². The molecule has 5 nitrogen and oxygen atoms in total. The van der Waals surface area contributed by atoms with Gasteiger partial charge in [-0.15, -0.1) is 0 Å².